The molecule has 7 heteroatoms. The maximum atomic E-state index is 12.8. The zero-order valence-corrected chi connectivity index (χ0v) is 17.7. The second kappa shape index (κ2) is 9.02. The summed E-state index contributed by atoms with van der Waals surface area (Å²) in [4.78, 5) is 17.0. The van der Waals surface area contributed by atoms with Gasteiger partial charge in [-0.05, 0) is 48.2 Å². The fourth-order valence-corrected chi connectivity index (χ4v) is 3.51. The number of aromatic nitrogens is 1. The Labute approximate surface area is 176 Å². The lowest BCUT2D eigenvalue weighted by Gasteiger charge is -2.12. The van der Waals surface area contributed by atoms with Crippen LogP contribution in [0, 0.1) is 13.8 Å². The number of anilines is 1. The number of sulfonamides is 1. The van der Waals surface area contributed by atoms with E-state index in [1.807, 2.05) is 56.3 Å². The van der Waals surface area contributed by atoms with E-state index in [1.165, 1.54) is 6.20 Å². The van der Waals surface area contributed by atoms with Crippen molar-refractivity contribution in [2.45, 2.75) is 20.4 Å². The molecule has 0 saturated heterocycles. The van der Waals surface area contributed by atoms with Crippen molar-refractivity contribution in [3.05, 3.63) is 95.2 Å². The Kier molecular flexibility index (Phi) is 6.44. The summed E-state index contributed by atoms with van der Waals surface area (Å²) in [6, 6.07) is 15.0. The molecule has 0 atom stereocenters. The van der Waals surface area contributed by atoms with Crippen molar-refractivity contribution in [3.63, 3.8) is 0 Å². The summed E-state index contributed by atoms with van der Waals surface area (Å²) in [5.74, 6) is -0.239. The third kappa shape index (κ3) is 5.20. The summed E-state index contributed by atoms with van der Waals surface area (Å²) in [5, 5.41) is 3.84. The molecule has 6 nitrogen and oxygen atoms in total. The predicted molar refractivity (Wildman–Crippen MR) is 119 cm³/mol. The number of aryl methyl sites for hydroxylation is 2. The zero-order valence-electron chi connectivity index (χ0n) is 16.8. The Balaban J connectivity index is 1.82. The number of nitrogens with one attached hydrogen (secondary N) is 2. The average molecular weight is 422 g/mol. The summed E-state index contributed by atoms with van der Waals surface area (Å²) in [6.07, 6.45) is 3.19. The van der Waals surface area contributed by atoms with Gasteiger partial charge in [0.25, 0.3) is 5.91 Å². The Morgan fingerprint density at radius 2 is 1.73 bits per heavy atom. The van der Waals surface area contributed by atoms with Crippen LogP contribution in [-0.2, 0) is 16.6 Å². The molecule has 1 amide bonds. The first-order chi connectivity index (χ1) is 14.3. The number of pyridine rings is 1. The highest BCUT2D eigenvalue weighted by atomic mass is 32.2. The van der Waals surface area contributed by atoms with Crippen LogP contribution >= 0.6 is 0 Å². The van der Waals surface area contributed by atoms with Gasteiger partial charge in [0, 0.05) is 35.6 Å². The first-order valence-electron chi connectivity index (χ1n) is 9.33. The summed E-state index contributed by atoms with van der Waals surface area (Å²) < 4.78 is 25.6. The number of benzene rings is 2. The molecule has 0 aliphatic carbocycles. The number of nitrogens with zero attached hydrogens (tertiary/aromatic N) is 1. The maximum absolute atomic E-state index is 12.8. The minimum atomic E-state index is -3.50. The fraction of sp³-hybridized carbons (Fsp3) is 0.130. The molecule has 3 aromatic rings. The van der Waals surface area contributed by atoms with Crippen molar-refractivity contribution >= 4 is 21.6 Å². The van der Waals surface area contributed by atoms with Gasteiger partial charge in [-0.15, -0.1) is 0 Å². The number of amides is 1. The molecule has 1 aromatic heterocycles. The lowest BCUT2D eigenvalue weighted by atomic mass is 10.0. The number of carbonyl (C=O) groups excluding carboxylic acids is 1. The minimum absolute atomic E-state index is 0.141. The van der Waals surface area contributed by atoms with Gasteiger partial charge in [0.2, 0.25) is 10.0 Å². The lowest BCUT2D eigenvalue weighted by Crippen LogP contribution is -2.20. The highest BCUT2D eigenvalue weighted by Gasteiger charge is 2.12. The molecular formula is C23H23N3O3S. The molecule has 3 rings (SSSR count). The van der Waals surface area contributed by atoms with Crippen LogP contribution in [0.5, 0.6) is 0 Å². The van der Waals surface area contributed by atoms with Gasteiger partial charge in [-0.2, -0.15) is 0 Å². The number of rotatable bonds is 7. The van der Waals surface area contributed by atoms with Gasteiger partial charge in [0.1, 0.15) is 0 Å². The quantitative estimate of drug-likeness (QED) is 0.599. The van der Waals surface area contributed by atoms with Gasteiger partial charge in [0.05, 0.1) is 5.56 Å². The molecule has 0 aliphatic rings. The van der Waals surface area contributed by atoms with Crippen LogP contribution in [0.4, 0.5) is 5.69 Å². The molecule has 0 saturated carbocycles. The highest BCUT2D eigenvalue weighted by molar-refractivity contribution is 7.92. The maximum Gasteiger partial charge on any atom is 0.257 e. The Hall–Kier alpha value is -3.29. The first-order valence-corrected chi connectivity index (χ1v) is 10.9. The van der Waals surface area contributed by atoms with E-state index >= 15 is 0 Å². The fourth-order valence-electron chi connectivity index (χ4n) is 3.02. The van der Waals surface area contributed by atoms with Crippen molar-refractivity contribution < 1.29 is 13.2 Å². The SMILES string of the molecule is C=CS(=O)(=O)NCc1cccc(-c2cncc(C(=O)Nc3c(C)cccc3C)c2)c1. The average Bonchev–Trinajstić information content (AvgIpc) is 2.75. The largest absolute Gasteiger partial charge is 0.321 e. The molecule has 2 N–H and O–H groups in total. The van der Waals surface area contributed by atoms with Crippen LogP contribution in [-0.4, -0.2) is 19.3 Å². The molecule has 1 heterocycles. The third-order valence-electron chi connectivity index (χ3n) is 4.68. The standard InChI is InChI=1S/C23H23N3O3S/c1-4-30(28,29)25-13-18-9-6-10-19(11-18)20-12-21(15-24-14-20)23(27)26-22-16(2)7-5-8-17(22)3/h4-12,14-15,25H,1,13H2,2-3H3,(H,26,27). The number of hydrogen-bond acceptors (Lipinski definition) is 4. The van der Waals surface area contributed by atoms with Gasteiger partial charge >= 0.3 is 0 Å². The first kappa shape index (κ1) is 21.4. The Bertz CT molecular complexity index is 1180. The van der Waals surface area contributed by atoms with Crippen LogP contribution in [0.3, 0.4) is 0 Å². The molecule has 0 spiro atoms. The summed E-state index contributed by atoms with van der Waals surface area (Å²) in [7, 11) is -3.50. The second-order valence-corrected chi connectivity index (χ2v) is 8.63. The second-order valence-electron chi connectivity index (χ2n) is 6.92. The highest BCUT2D eigenvalue weighted by Crippen LogP contribution is 2.23. The van der Waals surface area contributed by atoms with E-state index < -0.39 is 10.0 Å². The van der Waals surface area contributed by atoms with E-state index in [9.17, 15) is 13.2 Å². The number of carbonyl (C=O) groups is 1. The van der Waals surface area contributed by atoms with Crippen molar-refractivity contribution in [1.29, 1.82) is 0 Å². The lowest BCUT2D eigenvalue weighted by molar-refractivity contribution is 0.102. The molecule has 30 heavy (non-hydrogen) atoms. The summed E-state index contributed by atoms with van der Waals surface area (Å²) in [5.41, 5.74) is 5.59. The molecule has 0 unspecified atom stereocenters. The summed E-state index contributed by atoms with van der Waals surface area (Å²) in [6.45, 7) is 7.32. The van der Waals surface area contributed by atoms with Crippen molar-refractivity contribution in [3.8, 4) is 11.1 Å². The predicted octanol–water partition coefficient (Wildman–Crippen LogP) is 4.18. The van der Waals surface area contributed by atoms with E-state index in [2.05, 4.69) is 21.6 Å². The smallest absolute Gasteiger partial charge is 0.257 e. The van der Waals surface area contributed by atoms with E-state index in [0.29, 0.717) is 5.56 Å². The van der Waals surface area contributed by atoms with Gasteiger partial charge in [-0.3, -0.25) is 9.78 Å². The molecular weight excluding hydrogens is 398 g/mol. The van der Waals surface area contributed by atoms with Gasteiger partial charge in [-0.25, -0.2) is 13.1 Å². The van der Waals surface area contributed by atoms with Crippen molar-refractivity contribution in [1.82, 2.24) is 9.71 Å². The molecule has 0 radical (unpaired) electrons. The van der Waals surface area contributed by atoms with Crippen LogP contribution in [0.1, 0.15) is 27.0 Å². The molecule has 2 aromatic carbocycles. The topological polar surface area (TPSA) is 88.2 Å². The monoisotopic (exact) mass is 421 g/mol. The normalized spacial score (nSPS) is 11.1. The van der Waals surface area contributed by atoms with Crippen LogP contribution in [0.15, 0.2) is 72.9 Å². The third-order valence-corrected chi connectivity index (χ3v) is 5.66. The van der Waals surface area contributed by atoms with E-state index in [-0.39, 0.29) is 12.5 Å². The van der Waals surface area contributed by atoms with Crippen LogP contribution in [0.2, 0.25) is 0 Å². The molecule has 0 fully saturated rings. The van der Waals surface area contributed by atoms with Gasteiger partial charge < -0.3 is 5.32 Å². The van der Waals surface area contributed by atoms with E-state index in [1.54, 1.807) is 12.3 Å². The molecule has 0 aliphatic heterocycles. The van der Waals surface area contributed by atoms with E-state index in [4.69, 9.17) is 0 Å². The van der Waals surface area contributed by atoms with Crippen molar-refractivity contribution in [2.24, 2.45) is 0 Å². The van der Waals surface area contributed by atoms with Crippen LogP contribution < -0.4 is 10.0 Å². The summed E-state index contributed by atoms with van der Waals surface area (Å²) >= 11 is 0. The number of para-hydroxylation sites is 1. The van der Waals surface area contributed by atoms with Gasteiger partial charge in [-0.1, -0.05) is 43.0 Å². The minimum Gasteiger partial charge on any atom is -0.321 e. The zero-order chi connectivity index (χ0) is 21.7. The Morgan fingerprint density at radius 1 is 1.03 bits per heavy atom. The molecule has 0 bridgehead atoms. The van der Waals surface area contributed by atoms with E-state index in [0.717, 1.165) is 38.9 Å². The molecule has 154 valence electrons. The number of hydrogen-bond donors (Lipinski definition) is 2. The van der Waals surface area contributed by atoms with Crippen LogP contribution in [0.25, 0.3) is 11.1 Å². The van der Waals surface area contributed by atoms with Crippen molar-refractivity contribution in [2.75, 3.05) is 5.32 Å². The Morgan fingerprint density at radius 3 is 2.43 bits per heavy atom. The van der Waals surface area contributed by atoms with Gasteiger partial charge in [0.15, 0.2) is 0 Å².